The molecule has 2 aliphatic heterocycles. The minimum absolute atomic E-state index is 0.0933. The molecule has 0 spiro atoms. The zero-order valence-corrected chi connectivity index (χ0v) is 25.8. The lowest BCUT2D eigenvalue weighted by Crippen LogP contribution is -2.46. The van der Waals surface area contributed by atoms with Crippen LogP contribution in [0.5, 0.6) is 0 Å². The van der Waals surface area contributed by atoms with E-state index in [9.17, 15) is 29.4 Å². The SMILES string of the molecule is CC[N+](CC)(CC)OP(O[C@H]1C[C@H](n2cc(C)c(=O)[nH]c2=O)O[C@@H]1CO)[O+]C[C@H]1O[C@@H](n2cc(C)c(=O)[nH]c2=O)C[C@@H]1O. The Kier molecular flexibility index (Phi) is 10.9. The van der Waals surface area contributed by atoms with Gasteiger partial charge in [-0.25, -0.2) is 9.59 Å². The molecule has 2 fully saturated rings. The Morgan fingerprint density at radius 1 is 0.930 bits per heavy atom. The molecule has 2 saturated heterocycles. The Balaban J connectivity index is 1.51. The van der Waals surface area contributed by atoms with E-state index < -0.39 is 74.6 Å². The Morgan fingerprint density at radius 3 is 1.95 bits per heavy atom. The number of hydrogen-bond donors (Lipinski definition) is 4. The third kappa shape index (κ3) is 7.41. The first kappa shape index (κ1) is 33.4. The van der Waals surface area contributed by atoms with Crippen LogP contribution in [0.15, 0.2) is 31.6 Å². The topological polar surface area (TPSA) is 198 Å². The van der Waals surface area contributed by atoms with Crippen LogP contribution in [0.25, 0.3) is 0 Å². The fourth-order valence-electron chi connectivity index (χ4n) is 5.09. The number of nitrogens with zero attached hydrogens (tertiary/aromatic N) is 3. The zero-order valence-electron chi connectivity index (χ0n) is 24.9. The second-order valence-corrected chi connectivity index (χ2v) is 11.8. The highest BCUT2D eigenvalue weighted by Gasteiger charge is 2.50. The van der Waals surface area contributed by atoms with Crippen LogP contribution in [-0.4, -0.2) is 91.2 Å². The smallest absolute Gasteiger partial charge is 0.394 e. The minimum atomic E-state index is -2.11. The molecule has 7 atom stereocenters. The summed E-state index contributed by atoms with van der Waals surface area (Å²) in [4.78, 5) is 52.9. The number of quaternary nitrogens is 1. The van der Waals surface area contributed by atoms with Gasteiger partial charge in [-0.15, -0.1) is 0 Å². The molecule has 4 rings (SSSR count). The first-order valence-corrected chi connectivity index (χ1v) is 15.4. The summed E-state index contributed by atoms with van der Waals surface area (Å²) >= 11 is 0. The van der Waals surface area contributed by atoms with Crippen molar-refractivity contribution in [3.8, 4) is 0 Å². The second-order valence-electron chi connectivity index (χ2n) is 10.7. The van der Waals surface area contributed by atoms with Crippen molar-refractivity contribution in [1.82, 2.24) is 19.1 Å². The predicted molar refractivity (Wildman–Crippen MR) is 153 cm³/mol. The maximum absolute atomic E-state index is 12.5. The summed E-state index contributed by atoms with van der Waals surface area (Å²) in [5, 5.41) is 20.8. The number of rotatable bonds is 13. The molecule has 1 radical (unpaired) electrons. The van der Waals surface area contributed by atoms with E-state index in [1.165, 1.54) is 21.5 Å². The van der Waals surface area contributed by atoms with Gasteiger partial charge < -0.3 is 19.7 Å². The number of ether oxygens (including phenoxy) is 2. The molecule has 239 valence electrons. The van der Waals surface area contributed by atoms with Gasteiger partial charge in [0.1, 0.15) is 44.3 Å². The van der Waals surface area contributed by atoms with Gasteiger partial charge in [-0.05, 0) is 34.6 Å². The number of aromatic nitrogens is 4. The summed E-state index contributed by atoms with van der Waals surface area (Å²) in [5.74, 6) is 0. The average molecular weight is 631 g/mol. The molecule has 0 bridgehead atoms. The fraction of sp³-hybridized carbons (Fsp3) is 0.692. The van der Waals surface area contributed by atoms with Crippen molar-refractivity contribution in [3.63, 3.8) is 0 Å². The number of hydroxylamine groups is 3. The van der Waals surface area contributed by atoms with Gasteiger partial charge in [-0.2, -0.15) is 4.65 Å². The molecule has 0 aromatic carbocycles. The highest BCUT2D eigenvalue weighted by Crippen LogP contribution is 2.48. The number of aliphatic hydroxyl groups excluding tert-OH is 2. The van der Waals surface area contributed by atoms with Crippen molar-refractivity contribution in [1.29, 1.82) is 0 Å². The Morgan fingerprint density at radius 2 is 1.44 bits per heavy atom. The summed E-state index contributed by atoms with van der Waals surface area (Å²) < 4.78 is 33.3. The van der Waals surface area contributed by atoms with Crippen LogP contribution >= 0.6 is 8.60 Å². The highest BCUT2D eigenvalue weighted by atomic mass is 31.2. The summed E-state index contributed by atoms with van der Waals surface area (Å²) in [7, 11) is -2.11. The third-order valence-corrected chi connectivity index (χ3v) is 9.29. The van der Waals surface area contributed by atoms with Gasteiger partial charge in [0.15, 0.2) is 6.10 Å². The van der Waals surface area contributed by atoms with Gasteiger partial charge in [-0.3, -0.25) is 33.2 Å². The van der Waals surface area contributed by atoms with E-state index in [1.807, 2.05) is 20.8 Å². The van der Waals surface area contributed by atoms with E-state index in [0.717, 1.165) is 0 Å². The normalized spacial score (nSPS) is 26.7. The van der Waals surface area contributed by atoms with E-state index in [-0.39, 0.29) is 24.1 Å². The highest BCUT2D eigenvalue weighted by molar-refractivity contribution is 7.41. The van der Waals surface area contributed by atoms with E-state index in [4.69, 9.17) is 23.1 Å². The summed E-state index contributed by atoms with van der Waals surface area (Å²) in [6, 6.07) is 0. The first-order chi connectivity index (χ1) is 20.4. The number of nitrogens with one attached hydrogen (secondary N) is 2. The number of aromatic amines is 2. The molecule has 16 nitrogen and oxygen atoms in total. The Hall–Kier alpha value is -2.53. The number of hydrogen-bond acceptors (Lipinski definition) is 11. The zero-order chi connectivity index (χ0) is 31.5. The van der Waals surface area contributed by atoms with Crippen LogP contribution < -0.4 is 22.5 Å². The van der Waals surface area contributed by atoms with Crippen molar-refractivity contribution in [2.45, 2.75) is 84.3 Å². The quantitative estimate of drug-likeness (QED) is 0.101. The molecule has 2 aromatic rings. The van der Waals surface area contributed by atoms with Crippen LogP contribution in [0.1, 0.15) is 57.2 Å². The number of H-pyrrole nitrogens is 2. The molecule has 4 N–H and O–H groups in total. The molecule has 1 unspecified atom stereocenters. The minimum Gasteiger partial charge on any atom is -0.394 e. The van der Waals surface area contributed by atoms with Crippen LogP contribution in [-0.2, 0) is 23.1 Å². The van der Waals surface area contributed by atoms with Gasteiger partial charge in [0.25, 0.3) is 17.7 Å². The number of aliphatic hydroxyl groups is 2. The summed E-state index contributed by atoms with van der Waals surface area (Å²) in [6.45, 7) is 10.3. The van der Waals surface area contributed by atoms with Crippen LogP contribution in [0.4, 0.5) is 0 Å². The Bertz CT molecular complexity index is 1480. The maximum atomic E-state index is 12.5. The van der Waals surface area contributed by atoms with Crippen molar-refractivity contribution >= 4 is 8.60 Å². The van der Waals surface area contributed by atoms with Gasteiger partial charge in [0, 0.05) is 36.4 Å². The first-order valence-electron chi connectivity index (χ1n) is 14.3. The summed E-state index contributed by atoms with van der Waals surface area (Å²) in [5.41, 5.74) is -1.64. The maximum Gasteiger partial charge on any atom is 0.665 e. The Labute approximate surface area is 248 Å². The van der Waals surface area contributed by atoms with Crippen LogP contribution in [0.3, 0.4) is 0 Å². The predicted octanol–water partition coefficient (Wildman–Crippen LogP) is 0.0686. The number of aryl methyl sites for hydroxylation is 2. The molecule has 43 heavy (non-hydrogen) atoms. The summed E-state index contributed by atoms with van der Waals surface area (Å²) in [6.07, 6.45) is -1.98. The molecule has 2 aliphatic rings. The van der Waals surface area contributed by atoms with Gasteiger partial charge in [0.05, 0.1) is 12.7 Å². The molecule has 17 heteroatoms. The lowest BCUT2D eigenvalue weighted by molar-refractivity contribution is -1.08. The molecule has 0 aliphatic carbocycles. The van der Waals surface area contributed by atoms with Crippen LogP contribution in [0, 0.1) is 13.8 Å². The third-order valence-electron chi connectivity index (χ3n) is 8.01. The van der Waals surface area contributed by atoms with Crippen molar-refractivity contribution in [2.24, 2.45) is 0 Å². The fourth-order valence-corrected chi connectivity index (χ4v) is 6.57. The van der Waals surface area contributed by atoms with E-state index in [1.54, 1.807) is 13.8 Å². The standard InChI is InChI=1S/C26H40N5O11P/c1-6-31(7-2,8-3)42-43(38-14-20-17(33)9-21(40-20)29-11-15(4)23(34)27-25(29)36)41-18-10-22(39-19(18)13-32)30-12-16(5)24(35)28-26(30)37/h11-12,17-22,32-33H,6-10,13-14H2,1-5H3,(H-,27,28,34,35,36,37)/q+1/p+1/t17-,18-,19+,20+,21+,22+,43?/m0/s1. The largest absolute Gasteiger partial charge is 0.665 e. The van der Waals surface area contributed by atoms with Crippen molar-refractivity contribution in [2.75, 3.05) is 32.8 Å². The molecule has 0 saturated carbocycles. The van der Waals surface area contributed by atoms with Gasteiger partial charge >= 0.3 is 20.0 Å². The molecule has 2 aromatic heterocycles. The molecule has 0 amide bonds. The lowest BCUT2D eigenvalue weighted by Gasteiger charge is -2.31. The molecule has 4 heterocycles. The lowest BCUT2D eigenvalue weighted by atomic mass is 10.2. The van der Waals surface area contributed by atoms with Gasteiger partial charge in [-0.1, -0.05) is 9.15 Å². The van der Waals surface area contributed by atoms with Gasteiger partial charge in [0.2, 0.25) is 0 Å². The van der Waals surface area contributed by atoms with E-state index in [2.05, 4.69) is 9.97 Å². The van der Waals surface area contributed by atoms with Crippen LogP contribution in [0.2, 0.25) is 0 Å². The molecular formula is C26H41N5O11P+2. The van der Waals surface area contributed by atoms with E-state index in [0.29, 0.717) is 30.8 Å². The average Bonchev–Trinajstić information content (AvgIpc) is 3.56. The second kappa shape index (κ2) is 14.1. The molecular weight excluding hydrogens is 589 g/mol. The van der Waals surface area contributed by atoms with E-state index >= 15 is 0 Å². The van der Waals surface area contributed by atoms with Crippen molar-refractivity contribution < 1.29 is 38.0 Å². The monoisotopic (exact) mass is 630 g/mol. The van der Waals surface area contributed by atoms with Crippen molar-refractivity contribution in [3.05, 3.63) is 65.2 Å².